The fraction of sp³-hybridized carbons (Fsp3) is 0.364. The minimum Gasteiger partial charge on any atom is -0.448 e. The lowest BCUT2D eigenvalue weighted by molar-refractivity contribution is -0.110. The van der Waals surface area contributed by atoms with Gasteiger partial charge in [0.05, 0.1) is 12.1 Å². The Morgan fingerprint density at radius 1 is 1.03 bits per heavy atom. The Morgan fingerprint density at radius 3 is 2.63 bits per heavy atom. The van der Waals surface area contributed by atoms with Crippen molar-refractivity contribution in [2.24, 2.45) is 0 Å². The number of ether oxygens (including phenoxy) is 1. The van der Waals surface area contributed by atoms with Crippen LogP contribution in [0, 0.1) is 0 Å². The van der Waals surface area contributed by atoms with Crippen molar-refractivity contribution < 1.29 is 14.3 Å². The topological polar surface area (TPSA) is 77.7 Å². The maximum absolute atomic E-state index is 12.5. The molecule has 0 aliphatic carbocycles. The van der Waals surface area contributed by atoms with Gasteiger partial charge in [0.1, 0.15) is 6.61 Å². The van der Waals surface area contributed by atoms with E-state index in [1.165, 1.54) is 18.4 Å². The fourth-order valence-corrected chi connectivity index (χ4v) is 4.25. The Balaban J connectivity index is 0.00000218. The average molecular weight is 429 g/mol. The molecule has 0 spiro atoms. The zero-order valence-corrected chi connectivity index (χ0v) is 17.5. The number of halogens is 1. The van der Waals surface area contributed by atoms with Gasteiger partial charge in [-0.1, -0.05) is 6.07 Å². The van der Waals surface area contributed by atoms with Crippen LogP contribution in [0.15, 0.2) is 30.5 Å². The van der Waals surface area contributed by atoms with Gasteiger partial charge in [0, 0.05) is 36.2 Å². The number of anilines is 1. The summed E-state index contributed by atoms with van der Waals surface area (Å²) in [5.74, 6) is -0.103. The summed E-state index contributed by atoms with van der Waals surface area (Å²) in [6.45, 7) is 4.77. The van der Waals surface area contributed by atoms with Crippen molar-refractivity contribution in [2.75, 3.05) is 31.6 Å². The van der Waals surface area contributed by atoms with Gasteiger partial charge in [0.25, 0.3) is 5.91 Å². The van der Waals surface area contributed by atoms with Gasteiger partial charge in [-0.25, -0.2) is 4.79 Å². The molecule has 7 nitrogen and oxygen atoms in total. The van der Waals surface area contributed by atoms with E-state index >= 15 is 0 Å². The predicted molar refractivity (Wildman–Crippen MR) is 117 cm³/mol. The van der Waals surface area contributed by atoms with Gasteiger partial charge in [-0.2, -0.15) is 0 Å². The van der Waals surface area contributed by atoms with Crippen LogP contribution in [0.25, 0.3) is 11.6 Å². The molecule has 2 aromatic rings. The number of nitrogens with one attached hydrogen (secondary N) is 2. The van der Waals surface area contributed by atoms with E-state index < -0.39 is 0 Å². The molecule has 2 amide bonds. The van der Waals surface area contributed by atoms with Crippen molar-refractivity contribution in [2.45, 2.75) is 25.9 Å². The van der Waals surface area contributed by atoms with Crippen LogP contribution in [0.2, 0.25) is 0 Å². The summed E-state index contributed by atoms with van der Waals surface area (Å²) in [5, 5.41) is 2.93. The minimum atomic E-state index is -0.285. The Labute approximate surface area is 181 Å². The van der Waals surface area contributed by atoms with Crippen molar-refractivity contribution in [3.8, 4) is 0 Å². The predicted octanol–water partition coefficient (Wildman–Crippen LogP) is 3.48. The van der Waals surface area contributed by atoms with E-state index in [2.05, 4.69) is 21.3 Å². The first-order valence-corrected chi connectivity index (χ1v) is 10.1. The molecular weight excluding hydrogens is 404 g/mol. The highest BCUT2D eigenvalue weighted by Crippen LogP contribution is 2.34. The maximum atomic E-state index is 12.5. The quantitative estimate of drug-likeness (QED) is 0.715. The first kappa shape index (κ1) is 20.5. The summed E-state index contributed by atoms with van der Waals surface area (Å²) in [6, 6.07) is 7.94. The van der Waals surface area contributed by atoms with Gasteiger partial charge in [0.15, 0.2) is 0 Å². The van der Waals surface area contributed by atoms with Gasteiger partial charge < -0.3 is 19.9 Å². The first-order valence-electron chi connectivity index (χ1n) is 10.1. The lowest BCUT2D eigenvalue weighted by Crippen LogP contribution is -2.23. The van der Waals surface area contributed by atoms with E-state index in [9.17, 15) is 9.59 Å². The summed E-state index contributed by atoms with van der Waals surface area (Å²) in [4.78, 5) is 31.7. The molecule has 1 aromatic heterocycles. The summed E-state index contributed by atoms with van der Waals surface area (Å²) in [6.07, 6.45) is 6.19. The van der Waals surface area contributed by atoms with E-state index in [4.69, 9.17) is 4.74 Å². The monoisotopic (exact) mass is 428 g/mol. The molecule has 158 valence electrons. The van der Waals surface area contributed by atoms with Crippen LogP contribution < -0.4 is 5.32 Å². The number of H-pyrrole nitrogens is 1. The smallest absolute Gasteiger partial charge is 0.410 e. The Bertz CT molecular complexity index is 994. The molecule has 0 bridgehead atoms. The number of benzene rings is 1. The highest BCUT2D eigenvalue weighted by Gasteiger charge is 2.26. The zero-order valence-electron chi connectivity index (χ0n) is 16.6. The van der Waals surface area contributed by atoms with Gasteiger partial charge in [-0.15, -0.1) is 12.4 Å². The molecule has 2 N–H and O–H groups in total. The number of amides is 2. The number of hydrogen-bond donors (Lipinski definition) is 2. The third-order valence-corrected chi connectivity index (χ3v) is 5.76. The molecule has 2 saturated heterocycles. The number of aromatic amines is 1. The van der Waals surface area contributed by atoms with Crippen LogP contribution in [0.1, 0.15) is 35.2 Å². The zero-order chi connectivity index (χ0) is 19.8. The lowest BCUT2D eigenvalue weighted by Gasteiger charge is -2.13. The summed E-state index contributed by atoms with van der Waals surface area (Å²) in [5.41, 5.74) is 5.45. The van der Waals surface area contributed by atoms with Crippen LogP contribution >= 0.6 is 12.4 Å². The average Bonchev–Trinajstić information content (AvgIpc) is 3.49. The number of rotatable bonds is 5. The Morgan fingerprint density at radius 2 is 1.87 bits per heavy atom. The molecular formula is C22H25ClN4O3. The molecule has 0 saturated carbocycles. The third kappa shape index (κ3) is 4.08. The van der Waals surface area contributed by atoms with Gasteiger partial charge in [-0.3, -0.25) is 9.69 Å². The summed E-state index contributed by atoms with van der Waals surface area (Å²) in [7, 11) is 0. The molecule has 5 rings (SSSR count). The number of nitrogens with zero attached hydrogens (tertiary/aromatic N) is 2. The van der Waals surface area contributed by atoms with Crippen molar-refractivity contribution in [1.29, 1.82) is 0 Å². The number of carbonyl (C=O) groups excluding carboxylic acids is 2. The normalized spacial score (nSPS) is 19.7. The minimum absolute atomic E-state index is 0. The highest BCUT2D eigenvalue weighted by atomic mass is 35.5. The van der Waals surface area contributed by atoms with Crippen LogP contribution in [-0.4, -0.2) is 53.0 Å². The highest BCUT2D eigenvalue weighted by molar-refractivity contribution is 6.34. The van der Waals surface area contributed by atoms with E-state index in [0.717, 1.165) is 42.1 Å². The number of hydrogen-bond acceptors (Lipinski definition) is 4. The van der Waals surface area contributed by atoms with E-state index in [0.29, 0.717) is 25.3 Å². The fourth-order valence-electron chi connectivity index (χ4n) is 4.25. The molecule has 4 heterocycles. The van der Waals surface area contributed by atoms with Crippen LogP contribution in [0.4, 0.5) is 10.5 Å². The second-order valence-corrected chi connectivity index (χ2v) is 7.87. The number of fused-ring (bicyclic) bond motifs is 1. The van der Waals surface area contributed by atoms with E-state index in [-0.39, 0.29) is 24.4 Å². The molecule has 3 aliphatic rings. The van der Waals surface area contributed by atoms with E-state index in [1.807, 2.05) is 30.5 Å². The summed E-state index contributed by atoms with van der Waals surface area (Å²) < 4.78 is 5.00. The Hall–Kier alpha value is -2.77. The van der Waals surface area contributed by atoms with Crippen LogP contribution in [-0.2, 0) is 22.6 Å². The maximum Gasteiger partial charge on any atom is 0.410 e. The van der Waals surface area contributed by atoms with Gasteiger partial charge >= 0.3 is 6.09 Å². The van der Waals surface area contributed by atoms with Crippen molar-refractivity contribution >= 4 is 41.7 Å². The molecule has 0 unspecified atom stereocenters. The van der Waals surface area contributed by atoms with Crippen LogP contribution in [0.3, 0.4) is 0 Å². The molecule has 1 aromatic carbocycles. The lowest BCUT2D eigenvalue weighted by atomic mass is 10.0. The SMILES string of the molecule is Cl.O=C1Nc2ccc(CN3CCOC3=O)cc2/C1=C/c1cc(CN2CCCC2)c[nH]1. The van der Waals surface area contributed by atoms with E-state index in [1.54, 1.807) is 4.90 Å². The second kappa shape index (κ2) is 8.53. The van der Waals surface area contributed by atoms with Crippen molar-refractivity contribution in [3.63, 3.8) is 0 Å². The largest absolute Gasteiger partial charge is 0.448 e. The number of cyclic esters (lactones) is 1. The summed E-state index contributed by atoms with van der Waals surface area (Å²) >= 11 is 0. The van der Waals surface area contributed by atoms with Gasteiger partial charge in [-0.05, 0) is 61.3 Å². The van der Waals surface area contributed by atoms with Gasteiger partial charge in [0.2, 0.25) is 0 Å². The Kier molecular flexibility index (Phi) is 5.83. The third-order valence-electron chi connectivity index (χ3n) is 5.76. The van der Waals surface area contributed by atoms with Crippen molar-refractivity contribution in [3.05, 3.63) is 52.8 Å². The molecule has 3 aliphatic heterocycles. The molecule has 8 heteroatoms. The standard InChI is InChI=1S/C22H24N4O3.ClH/c27-21-19(11-17-9-16(12-23-17)13-25-5-1-2-6-25)18-10-15(3-4-20(18)24-21)14-26-7-8-29-22(26)28;/h3-4,9-12,23H,1-2,5-8,13-14H2,(H,24,27);1H/b19-11-;. The molecule has 0 radical (unpaired) electrons. The molecule has 30 heavy (non-hydrogen) atoms. The van der Waals surface area contributed by atoms with Crippen molar-refractivity contribution in [1.82, 2.24) is 14.8 Å². The number of aromatic nitrogens is 1. The number of carbonyl (C=O) groups is 2. The van der Waals surface area contributed by atoms with Crippen LogP contribution in [0.5, 0.6) is 0 Å². The molecule has 0 atom stereocenters. The number of likely N-dealkylation sites (tertiary alicyclic amines) is 1. The second-order valence-electron chi connectivity index (χ2n) is 7.87. The molecule has 2 fully saturated rings. The first-order chi connectivity index (χ1) is 14.2.